The molecular weight excluding hydrogens is 423 g/mol. The van der Waals surface area contributed by atoms with Gasteiger partial charge in [0.1, 0.15) is 24.1 Å². The van der Waals surface area contributed by atoms with Crippen LogP contribution in [0.25, 0.3) is 10.9 Å². The van der Waals surface area contributed by atoms with E-state index in [1.165, 1.54) is 12.1 Å². The van der Waals surface area contributed by atoms with E-state index in [1.54, 1.807) is 19.9 Å². The summed E-state index contributed by atoms with van der Waals surface area (Å²) in [6.45, 7) is 4.77. The maximum Gasteiger partial charge on any atom is 0.298 e. The predicted octanol–water partition coefficient (Wildman–Crippen LogP) is 4.67. The Balaban J connectivity index is 1.79. The van der Waals surface area contributed by atoms with E-state index in [0.29, 0.717) is 53.7 Å². The Kier molecular flexibility index (Phi) is 5.85. The molecule has 1 unspecified atom stereocenters. The summed E-state index contributed by atoms with van der Waals surface area (Å²) in [7, 11) is 0. The number of rotatable bonds is 7. The quantitative estimate of drug-likeness (QED) is 0.548. The van der Waals surface area contributed by atoms with Crippen molar-refractivity contribution in [3.05, 3.63) is 52.6 Å². The van der Waals surface area contributed by atoms with Crippen LogP contribution in [0.1, 0.15) is 42.4 Å². The van der Waals surface area contributed by atoms with Gasteiger partial charge in [0, 0.05) is 22.9 Å². The van der Waals surface area contributed by atoms with Crippen LogP contribution < -0.4 is 14.8 Å². The molecule has 4 rings (SSSR count). The molecule has 0 radical (unpaired) electrons. The van der Waals surface area contributed by atoms with Gasteiger partial charge in [-0.15, -0.1) is 0 Å². The van der Waals surface area contributed by atoms with Gasteiger partial charge in [-0.2, -0.15) is 8.78 Å². The van der Waals surface area contributed by atoms with E-state index in [9.17, 15) is 13.2 Å². The molecular formula is C23H24F3N3O3. The average Bonchev–Trinajstić information content (AvgIpc) is 3.25. The molecule has 1 atom stereocenters. The number of fused-ring (bicyclic) bond motifs is 3. The van der Waals surface area contributed by atoms with Crippen molar-refractivity contribution in [2.24, 2.45) is 0 Å². The number of hydrogen-bond acceptors (Lipinski definition) is 6. The number of anilines is 1. The second-order valence-corrected chi connectivity index (χ2v) is 7.67. The van der Waals surface area contributed by atoms with Crippen molar-refractivity contribution in [3.63, 3.8) is 0 Å². The molecule has 1 aliphatic heterocycles. The van der Waals surface area contributed by atoms with Gasteiger partial charge < -0.3 is 19.9 Å². The summed E-state index contributed by atoms with van der Waals surface area (Å²) in [6.07, 6.45) is 0.672. The zero-order valence-electron chi connectivity index (χ0n) is 18.0. The minimum atomic E-state index is -3.68. The molecule has 0 aliphatic carbocycles. The number of aromatic nitrogens is 2. The highest BCUT2D eigenvalue weighted by Gasteiger charge is 2.35. The lowest BCUT2D eigenvalue weighted by Crippen LogP contribution is -2.22. The number of aliphatic hydroxyl groups excluding tert-OH is 1. The summed E-state index contributed by atoms with van der Waals surface area (Å²) in [5, 5.41) is 12.8. The van der Waals surface area contributed by atoms with E-state index < -0.39 is 30.0 Å². The van der Waals surface area contributed by atoms with Crippen molar-refractivity contribution in [1.29, 1.82) is 0 Å². The fourth-order valence-corrected chi connectivity index (χ4v) is 3.95. The minimum Gasteiger partial charge on any atom is -0.490 e. The Morgan fingerprint density at radius 2 is 2.09 bits per heavy atom. The topological polar surface area (TPSA) is 76.5 Å². The summed E-state index contributed by atoms with van der Waals surface area (Å²) in [6, 6.07) is 4.84. The number of aliphatic hydroxyl groups is 1. The van der Waals surface area contributed by atoms with Crippen LogP contribution in [-0.4, -0.2) is 34.9 Å². The molecule has 3 aromatic rings. The van der Waals surface area contributed by atoms with Crippen molar-refractivity contribution in [2.45, 2.75) is 39.2 Å². The van der Waals surface area contributed by atoms with Crippen LogP contribution in [-0.2, 0) is 12.3 Å². The van der Waals surface area contributed by atoms with Crippen molar-refractivity contribution in [1.82, 2.24) is 9.97 Å². The lowest BCUT2D eigenvalue weighted by Gasteiger charge is -2.21. The van der Waals surface area contributed by atoms with Crippen LogP contribution >= 0.6 is 0 Å². The first-order valence-corrected chi connectivity index (χ1v) is 10.4. The van der Waals surface area contributed by atoms with Crippen LogP contribution in [0.15, 0.2) is 24.3 Å². The molecule has 0 spiro atoms. The Hall–Kier alpha value is -3.07. The number of benzene rings is 2. The largest absolute Gasteiger partial charge is 0.490 e. The molecule has 1 aromatic heterocycles. The smallest absolute Gasteiger partial charge is 0.298 e. The molecule has 6 nitrogen and oxygen atoms in total. The third-order valence-corrected chi connectivity index (χ3v) is 5.46. The molecule has 1 aliphatic rings. The van der Waals surface area contributed by atoms with Crippen LogP contribution in [0.5, 0.6) is 11.5 Å². The Bertz CT molecular complexity index is 1170. The number of hydrogen-bond donors (Lipinski definition) is 2. The number of ether oxygens (including phenoxy) is 2. The average molecular weight is 447 g/mol. The predicted molar refractivity (Wildman–Crippen MR) is 114 cm³/mol. The number of nitrogens with zero attached hydrogens (tertiary/aromatic N) is 2. The summed E-state index contributed by atoms with van der Waals surface area (Å²) < 4.78 is 54.4. The van der Waals surface area contributed by atoms with Gasteiger partial charge in [-0.25, -0.2) is 14.4 Å². The number of alkyl halides is 2. The molecule has 2 N–H and O–H groups in total. The van der Waals surface area contributed by atoms with Crippen molar-refractivity contribution < 1.29 is 27.8 Å². The van der Waals surface area contributed by atoms with Crippen molar-refractivity contribution in [3.8, 4) is 11.5 Å². The van der Waals surface area contributed by atoms with E-state index in [-0.39, 0.29) is 5.56 Å². The molecule has 170 valence electrons. The van der Waals surface area contributed by atoms with Crippen LogP contribution in [0.3, 0.4) is 0 Å². The molecule has 0 amide bonds. The molecule has 9 heteroatoms. The van der Waals surface area contributed by atoms with Gasteiger partial charge in [-0.05, 0) is 32.9 Å². The van der Waals surface area contributed by atoms with E-state index >= 15 is 0 Å². The summed E-state index contributed by atoms with van der Waals surface area (Å²) in [5.41, 5.74) is 0.824. The van der Waals surface area contributed by atoms with Gasteiger partial charge >= 0.3 is 0 Å². The van der Waals surface area contributed by atoms with Gasteiger partial charge in [0.15, 0.2) is 11.5 Å². The van der Waals surface area contributed by atoms with Crippen LogP contribution in [0.2, 0.25) is 0 Å². The maximum absolute atomic E-state index is 14.9. The zero-order chi connectivity index (χ0) is 23.0. The lowest BCUT2D eigenvalue weighted by atomic mass is 10.00. The second kappa shape index (κ2) is 8.46. The minimum absolute atomic E-state index is 0.0366. The molecule has 0 fully saturated rings. The summed E-state index contributed by atoms with van der Waals surface area (Å²) >= 11 is 0. The summed E-state index contributed by atoms with van der Waals surface area (Å²) in [5.74, 6) is -2.55. The molecule has 0 saturated carbocycles. The normalized spacial score (nSPS) is 14.2. The molecule has 2 heterocycles. The van der Waals surface area contributed by atoms with E-state index in [0.717, 1.165) is 11.6 Å². The standard InChI is InChI=1S/C23H24F3N3O3/c1-4-31-18-10-16-20(15-8-9-32-21(15)18)28-13(3)29-22(16)27-12(2)14-6-5-7-17(19(14)24)23(25,26)11-30/h5-7,10,12,30H,4,8-9,11H2,1-3H3,(H,27,28,29). The fraction of sp³-hybridized carbons (Fsp3) is 0.391. The Morgan fingerprint density at radius 1 is 1.31 bits per heavy atom. The first-order chi connectivity index (χ1) is 15.3. The molecule has 32 heavy (non-hydrogen) atoms. The third kappa shape index (κ3) is 3.81. The van der Waals surface area contributed by atoms with E-state index in [2.05, 4.69) is 15.3 Å². The monoisotopic (exact) mass is 447 g/mol. The van der Waals surface area contributed by atoms with Gasteiger partial charge in [-0.1, -0.05) is 12.1 Å². The Labute approximate surface area is 183 Å². The number of nitrogens with one attached hydrogen (secondary N) is 1. The maximum atomic E-state index is 14.9. The second-order valence-electron chi connectivity index (χ2n) is 7.67. The van der Waals surface area contributed by atoms with Gasteiger partial charge in [-0.3, -0.25) is 0 Å². The van der Waals surface area contributed by atoms with Gasteiger partial charge in [0.25, 0.3) is 5.92 Å². The van der Waals surface area contributed by atoms with Crippen molar-refractivity contribution in [2.75, 3.05) is 25.1 Å². The highest BCUT2D eigenvalue weighted by Crippen LogP contribution is 2.43. The molecule has 0 saturated heterocycles. The van der Waals surface area contributed by atoms with Gasteiger partial charge in [0.05, 0.1) is 30.3 Å². The first kappa shape index (κ1) is 22.1. The fourth-order valence-electron chi connectivity index (χ4n) is 3.95. The number of halogens is 3. The highest BCUT2D eigenvalue weighted by atomic mass is 19.3. The lowest BCUT2D eigenvalue weighted by molar-refractivity contribution is -0.0583. The highest BCUT2D eigenvalue weighted by molar-refractivity contribution is 5.95. The van der Waals surface area contributed by atoms with Gasteiger partial charge in [0.2, 0.25) is 0 Å². The van der Waals surface area contributed by atoms with Crippen LogP contribution in [0.4, 0.5) is 19.0 Å². The zero-order valence-corrected chi connectivity index (χ0v) is 18.0. The molecule has 0 bridgehead atoms. The molecule has 2 aromatic carbocycles. The first-order valence-electron chi connectivity index (χ1n) is 10.4. The van der Waals surface area contributed by atoms with Crippen LogP contribution in [0, 0.1) is 12.7 Å². The van der Waals surface area contributed by atoms with Crippen molar-refractivity contribution >= 4 is 16.7 Å². The van der Waals surface area contributed by atoms with E-state index in [1.807, 2.05) is 6.92 Å². The SMILES string of the molecule is CCOc1cc2c(NC(C)c3cccc(C(F)(F)CO)c3F)nc(C)nc2c2c1OCC2. The third-order valence-electron chi connectivity index (χ3n) is 5.46. The number of aryl methyl sites for hydroxylation is 1. The Morgan fingerprint density at radius 3 is 2.81 bits per heavy atom. The summed E-state index contributed by atoms with van der Waals surface area (Å²) in [4.78, 5) is 9.06. The van der Waals surface area contributed by atoms with E-state index in [4.69, 9.17) is 14.6 Å².